The van der Waals surface area contributed by atoms with Gasteiger partial charge in [0, 0.05) is 28.1 Å². The van der Waals surface area contributed by atoms with Gasteiger partial charge < -0.3 is 14.8 Å². The summed E-state index contributed by atoms with van der Waals surface area (Å²) in [4.78, 5) is 34.9. The van der Waals surface area contributed by atoms with Gasteiger partial charge in [-0.1, -0.05) is 36.4 Å². The van der Waals surface area contributed by atoms with Crippen molar-refractivity contribution in [2.45, 2.75) is 0 Å². The van der Waals surface area contributed by atoms with Gasteiger partial charge in [0.15, 0.2) is 23.1 Å². The van der Waals surface area contributed by atoms with E-state index in [1.807, 2.05) is 0 Å². The molecule has 1 aliphatic rings. The maximum Gasteiger partial charge on any atom is 0.196 e. The summed E-state index contributed by atoms with van der Waals surface area (Å²) < 4.78 is 10.8. The van der Waals surface area contributed by atoms with E-state index in [4.69, 9.17) is 9.47 Å². The largest absolute Gasteiger partial charge is 0.493 e. The summed E-state index contributed by atoms with van der Waals surface area (Å²) in [6, 6.07) is 15.6. The molecule has 1 heterocycles. The monoisotopic (exact) mass is 411 g/mol. The van der Waals surface area contributed by atoms with Gasteiger partial charge in [0.25, 0.3) is 0 Å². The van der Waals surface area contributed by atoms with Gasteiger partial charge in [0.1, 0.15) is 12.1 Å². The standard InChI is InChI=1S/C24H17N3O4/c1-30-19-10-16-18(11-20(19)31-2)25-12-26-24(16)27-17-9-5-8-15-21(17)23(29)14-7-4-3-6-13(14)22(15)28/h3-12H,1-2H3,(H,25,26,27). The first-order valence-electron chi connectivity index (χ1n) is 9.57. The van der Waals surface area contributed by atoms with Crippen molar-refractivity contribution in [1.29, 1.82) is 0 Å². The fourth-order valence-electron chi connectivity index (χ4n) is 3.86. The predicted molar refractivity (Wildman–Crippen MR) is 116 cm³/mol. The van der Waals surface area contributed by atoms with Gasteiger partial charge in [-0.15, -0.1) is 0 Å². The topological polar surface area (TPSA) is 90.4 Å². The van der Waals surface area contributed by atoms with Crippen molar-refractivity contribution in [3.05, 3.63) is 83.2 Å². The number of carbonyl (C=O) groups excluding carboxylic acids is 2. The highest BCUT2D eigenvalue weighted by Crippen LogP contribution is 2.37. The Morgan fingerprint density at radius 1 is 0.774 bits per heavy atom. The number of methoxy groups -OCH3 is 2. The van der Waals surface area contributed by atoms with Crippen LogP contribution < -0.4 is 14.8 Å². The molecular formula is C24H17N3O4. The highest BCUT2D eigenvalue weighted by atomic mass is 16.5. The molecule has 1 aromatic heterocycles. The minimum Gasteiger partial charge on any atom is -0.493 e. The molecule has 0 saturated carbocycles. The van der Waals surface area contributed by atoms with Crippen molar-refractivity contribution in [3.8, 4) is 11.5 Å². The predicted octanol–water partition coefficient (Wildman–Crippen LogP) is 4.17. The van der Waals surface area contributed by atoms with Crippen molar-refractivity contribution < 1.29 is 19.1 Å². The Morgan fingerprint density at radius 2 is 1.45 bits per heavy atom. The van der Waals surface area contributed by atoms with Crippen LogP contribution in [0.2, 0.25) is 0 Å². The first-order chi connectivity index (χ1) is 15.1. The molecule has 152 valence electrons. The summed E-state index contributed by atoms with van der Waals surface area (Å²) in [5, 5.41) is 3.91. The van der Waals surface area contributed by atoms with Crippen LogP contribution >= 0.6 is 0 Å². The summed E-state index contributed by atoms with van der Waals surface area (Å²) in [5.74, 6) is 1.19. The lowest BCUT2D eigenvalue weighted by Crippen LogP contribution is -2.22. The number of hydrogen-bond acceptors (Lipinski definition) is 7. The normalized spacial score (nSPS) is 12.3. The van der Waals surface area contributed by atoms with E-state index in [0.717, 1.165) is 0 Å². The number of fused-ring (bicyclic) bond motifs is 3. The second-order valence-corrected chi connectivity index (χ2v) is 7.00. The number of rotatable bonds is 4. The van der Waals surface area contributed by atoms with E-state index in [1.165, 1.54) is 6.33 Å². The molecule has 0 fully saturated rings. The average Bonchev–Trinajstić information content (AvgIpc) is 2.81. The van der Waals surface area contributed by atoms with Crippen LogP contribution in [0.25, 0.3) is 10.9 Å². The van der Waals surface area contributed by atoms with Crippen LogP contribution in [0.15, 0.2) is 60.9 Å². The van der Waals surface area contributed by atoms with E-state index in [2.05, 4.69) is 15.3 Å². The number of hydrogen-bond donors (Lipinski definition) is 1. The zero-order chi connectivity index (χ0) is 21.5. The number of nitrogens with one attached hydrogen (secondary N) is 1. The average molecular weight is 411 g/mol. The van der Waals surface area contributed by atoms with Gasteiger partial charge in [-0.3, -0.25) is 9.59 Å². The number of ketones is 2. The third-order valence-electron chi connectivity index (χ3n) is 5.35. The molecule has 31 heavy (non-hydrogen) atoms. The van der Waals surface area contributed by atoms with E-state index in [0.29, 0.717) is 56.2 Å². The molecule has 0 radical (unpaired) electrons. The Bertz CT molecular complexity index is 1380. The fraction of sp³-hybridized carbons (Fsp3) is 0.0833. The SMILES string of the molecule is COc1cc2ncnc(Nc3cccc4c3C(=O)c3ccccc3C4=O)c2cc1OC. The first-order valence-corrected chi connectivity index (χ1v) is 9.57. The second kappa shape index (κ2) is 7.21. The van der Waals surface area contributed by atoms with Crippen molar-refractivity contribution in [2.24, 2.45) is 0 Å². The van der Waals surface area contributed by atoms with Crippen molar-refractivity contribution >= 4 is 34.0 Å². The fourth-order valence-corrected chi connectivity index (χ4v) is 3.86. The van der Waals surface area contributed by atoms with Crippen LogP contribution in [-0.4, -0.2) is 35.8 Å². The number of nitrogens with zero attached hydrogens (tertiary/aromatic N) is 2. The maximum absolute atomic E-state index is 13.3. The first kappa shape index (κ1) is 18.7. The van der Waals surface area contributed by atoms with Gasteiger partial charge in [-0.25, -0.2) is 9.97 Å². The Balaban J connectivity index is 1.65. The molecular weight excluding hydrogens is 394 g/mol. The van der Waals surface area contributed by atoms with E-state index in [1.54, 1.807) is 68.8 Å². The van der Waals surface area contributed by atoms with E-state index >= 15 is 0 Å². The highest BCUT2D eigenvalue weighted by Gasteiger charge is 2.31. The van der Waals surface area contributed by atoms with Crippen LogP contribution in [-0.2, 0) is 0 Å². The van der Waals surface area contributed by atoms with E-state index < -0.39 is 0 Å². The quantitative estimate of drug-likeness (QED) is 0.475. The van der Waals surface area contributed by atoms with Crippen molar-refractivity contribution in [2.75, 3.05) is 19.5 Å². The van der Waals surface area contributed by atoms with Crippen LogP contribution in [0, 0.1) is 0 Å². The lowest BCUT2D eigenvalue weighted by Gasteiger charge is -2.21. The summed E-state index contributed by atoms with van der Waals surface area (Å²) in [5.41, 5.74) is 2.66. The molecule has 5 rings (SSSR count). The molecule has 0 spiro atoms. The molecule has 0 unspecified atom stereocenters. The van der Waals surface area contributed by atoms with Crippen molar-refractivity contribution in [1.82, 2.24) is 9.97 Å². The highest BCUT2D eigenvalue weighted by molar-refractivity contribution is 6.30. The van der Waals surface area contributed by atoms with Gasteiger partial charge in [-0.05, 0) is 12.1 Å². The molecule has 7 heteroatoms. The molecule has 0 aliphatic heterocycles. The molecule has 1 aliphatic carbocycles. The Hall–Kier alpha value is -4.26. The van der Waals surface area contributed by atoms with Crippen molar-refractivity contribution in [3.63, 3.8) is 0 Å². The van der Waals surface area contributed by atoms with Gasteiger partial charge in [0.05, 0.1) is 31.0 Å². The molecule has 0 bridgehead atoms. The number of aromatic nitrogens is 2. The zero-order valence-corrected chi connectivity index (χ0v) is 16.8. The lowest BCUT2D eigenvalue weighted by atomic mass is 9.83. The van der Waals surface area contributed by atoms with Crippen LogP contribution in [0.1, 0.15) is 31.8 Å². The van der Waals surface area contributed by atoms with E-state index in [-0.39, 0.29) is 11.6 Å². The molecule has 0 saturated heterocycles. The molecule has 3 aromatic carbocycles. The third kappa shape index (κ3) is 2.90. The van der Waals surface area contributed by atoms with E-state index in [9.17, 15) is 9.59 Å². The summed E-state index contributed by atoms with van der Waals surface area (Å²) in [6.45, 7) is 0. The van der Waals surface area contributed by atoms with Gasteiger partial charge in [-0.2, -0.15) is 0 Å². The summed E-state index contributed by atoms with van der Waals surface area (Å²) in [6.07, 6.45) is 1.42. The number of benzene rings is 3. The maximum atomic E-state index is 13.3. The molecule has 7 nitrogen and oxygen atoms in total. The lowest BCUT2D eigenvalue weighted by molar-refractivity contribution is 0.0979. The smallest absolute Gasteiger partial charge is 0.196 e. The number of ether oxygens (including phenoxy) is 2. The third-order valence-corrected chi connectivity index (χ3v) is 5.35. The minimum atomic E-state index is -0.203. The van der Waals surface area contributed by atoms with Crippen LogP contribution in [0.4, 0.5) is 11.5 Å². The molecule has 0 amide bonds. The van der Waals surface area contributed by atoms with Gasteiger partial charge >= 0.3 is 0 Å². The Morgan fingerprint density at radius 3 is 2.19 bits per heavy atom. The Kier molecular flexibility index (Phi) is 4.36. The zero-order valence-electron chi connectivity index (χ0n) is 16.8. The van der Waals surface area contributed by atoms with Crippen LogP contribution in [0.5, 0.6) is 11.5 Å². The Labute approximate surface area is 177 Å². The van der Waals surface area contributed by atoms with Crippen LogP contribution in [0.3, 0.4) is 0 Å². The second-order valence-electron chi connectivity index (χ2n) is 7.00. The van der Waals surface area contributed by atoms with Gasteiger partial charge in [0.2, 0.25) is 0 Å². The summed E-state index contributed by atoms with van der Waals surface area (Å²) in [7, 11) is 3.11. The summed E-state index contributed by atoms with van der Waals surface area (Å²) >= 11 is 0. The number of anilines is 2. The molecule has 0 atom stereocenters. The number of carbonyl (C=O) groups is 2. The molecule has 4 aromatic rings. The minimum absolute atomic E-state index is 0.173. The molecule has 1 N–H and O–H groups in total.